The highest BCUT2D eigenvalue weighted by Gasteiger charge is 2.16. The number of benzene rings is 2. The van der Waals surface area contributed by atoms with E-state index in [2.05, 4.69) is 0 Å². The van der Waals surface area contributed by atoms with Crippen LogP contribution in [-0.4, -0.2) is 24.2 Å². The van der Waals surface area contributed by atoms with Crippen LogP contribution in [0.5, 0.6) is 11.5 Å². The summed E-state index contributed by atoms with van der Waals surface area (Å²) >= 11 is 0. The number of hydrogen-bond donors (Lipinski definition) is 1. The number of hydrogen-bond acceptors (Lipinski definition) is 5. The SMILES string of the molecule is COc1ccc([C@H](O)c2cccc([N+](=O)[O-])c2)cc1OC. The Bertz CT molecular complexity index is 656. The zero-order valence-corrected chi connectivity index (χ0v) is 11.6. The van der Waals surface area contributed by atoms with E-state index in [0.717, 1.165) is 0 Å². The van der Waals surface area contributed by atoms with E-state index in [0.29, 0.717) is 22.6 Å². The highest BCUT2D eigenvalue weighted by molar-refractivity contribution is 5.46. The Labute approximate surface area is 121 Å². The van der Waals surface area contributed by atoms with Crippen molar-refractivity contribution >= 4 is 5.69 Å². The van der Waals surface area contributed by atoms with Gasteiger partial charge < -0.3 is 14.6 Å². The van der Waals surface area contributed by atoms with Gasteiger partial charge in [-0.2, -0.15) is 0 Å². The van der Waals surface area contributed by atoms with Crippen LogP contribution in [0.15, 0.2) is 42.5 Å². The van der Waals surface area contributed by atoms with Crippen LogP contribution in [0.1, 0.15) is 17.2 Å². The average Bonchev–Trinajstić information content (AvgIpc) is 2.53. The summed E-state index contributed by atoms with van der Waals surface area (Å²) < 4.78 is 10.3. The molecule has 1 atom stereocenters. The number of nitro benzene ring substituents is 1. The number of methoxy groups -OCH3 is 2. The van der Waals surface area contributed by atoms with E-state index in [4.69, 9.17) is 9.47 Å². The monoisotopic (exact) mass is 289 g/mol. The minimum absolute atomic E-state index is 0.0629. The quantitative estimate of drug-likeness (QED) is 0.676. The van der Waals surface area contributed by atoms with Gasteiger partial charge in [-0.05, 0) is 23.3 Å². The number of rotatable bonds is 5. The van der Waals surface area contributed by atoms with Crippen molar-refractivity contribution in [1.82, 2.24) is 0 Å². The molecule has 0 fully saturated rings. The van der Waals surface area contributed by atoms with E-state index in [-0.39, 0.29) is 5.69 Å². The lowest BCUT2D eigenvalue weighted by atomic mass is 10.0. The zero-order chi connectivity index (χ0) is 15.4. The van der Waals surface area contributed by atoms with Gasteiger partial charge in [0, 0.05) is 12.1 Å². The van der Waals surface area contributed by atoms with Gasteiger partial charge in [0.05, 0.1) is 19.1 Å². The smallest absolute Gasteiger partial charge is 0.269 e. The summed E-state index contributed by atoms with van der Waals surface area (Å²) in [6.07, 6.45) is -0.982. The third kappa shape index (κ3) is 3.11. The van der Waals surface area contributed by atoms with Gasteiger partial charge in [-0.3, -0.25) is 10.1 Å². The summed E-state index contributed by atoms with van der Waals surface area (Å²) in [4.78, 5) is 10.3. The first-order valence-corrected chi connectivity index (χ1v) is 6.21. The van der Waals surface area contributed by atoms with Gasteiger partial charge in [0.25, 0.3) is 5.69 Å². The fourth-order valence-corrected chi connectivity index (χ4v) is 2.02. The molecule has 21 heavy (non-hydrogen) atoms. The van der Waals surface area contributed by atoms with Crippen molar-refractivity contribution < 1.29 is 19.5 Å². The van der Waals surface area contributed by atoms with Gasteiger partial charge in [-0.15, -0.1) is 0 Å². The fraction of sp³-hybridized carbons (Fsp3) is 0.200. The normalized spacial score (nSPS) is 11.8. The lowest BCUT2D eigenvalue weighted by Gasteiger charge is -2.14. The van der Waals surface area contributed by atoms with Crippen LogP contribution < -0.4 is 9.47 Å². The number of nitrogens with zero attached hydrogens (tertiary/aromatic N) is 1. The molecule has 0 amide bonds. The Balaban J connectivity index is 2.37. The third-order valence-electron chi connectivity index (χ3n) is 3.12. The molecule has 1 N–H and O–H groups in total. The van der Waals surface area contributed by atoms with E-state index in [1.807, 2.05) is 0 Å². The summed E-state index contributed by atoms with van der Waals surface area (Å²) in [6, 6.07) is 10.9. The van der Waals surface area contributed by atoms with Crippen molar-refractivity contribution in [3.05, 3.63) is 63.7 Å². The van der Waals surface area contributed by atoms with Gasteiger partial charge in [0.15, 0.2) is 11.5 Å². The largest absolute Gasteiger partial charge is 0.493 e. The molecule has 6 nitrogen and oxygen atoms in total. The molecule has 0 aliphatic heterocycles. The molecule has 2 aromatic rings. The summed E-state index contributed by atoms with van der Waals surface area (Å²) in [5, 5.41) is 21.1. The molecule has 0 saturated heterocycles. The summed E-state index contributed by atoms with van der Waals surface area (Å²) in [5.74, 6) is 1.03. The van der Waals surface area contributed by atoms with E-state index >= 15 is 0 Å². The van der Waals surface area contributed by atoms with Crippen LogP contribution >= 0.6 is 0 Å². The van der Waals surface area contributed by atoms with Crippen molar-refractivity contribution in [1.29, 1.82) is 0 Å². The number of ether oxygens (including phenoxy) is 2. The molecule has 6 heteroatoms. The summed E-state index contributed by atoms with van der Waals surface area (Å²) in [6.45, 7) is 0. The maximum Gasteiger partial charge on any atom is 0.269 e. The Morgan fingerprint density at radius 3 is 2.33 bits per heavy atom. The molecule has 0 saturated carbocycles. The second-order valence-electron chi connectivity index (χ2n) is 4.37. The van der Waals surface area contributed by atoms with Crippen molar-refractivity contribution in [2.45, 2.75) is 6.10 Å². The van der Waals surface area contributed by atoms with Crippen LogP contribution in [0.25, 0.3) is 0 Å². The molecule has 0 bridgehead atoms. The standard InChI is InChI=1S/C15H15NO5/c1-20-13-7-6-11(9-14(13)21-2)15(17)10-4-3-5-12(8-10)16(18)19/h3-9,15,17H,1-2H3/t15-/m1/s1. The Kier molecular flexibility index (Phi) is 4.39. The molecule has 0 radical (unpaired) electrons. The second-order valence-corrected chi connectivity index (χ2v) is 4.37. The maximum absolute atomic E-state index is 10.8. The minimum Gasteiger partial charge on any atom is -0.493 e. The average molecular weight is 289 g/mol. The highest BCUT2D eigenvalue weighted by atomic mass is 16.6. The molecular formula is C15H15NO5. The molecule has 0 aliphatic carbocycles. The molecule has 0 unspecified atom stereocenters. The topological polar surface area (TPSA) is 81.8 Å². The number of nitro groups is 1. The van der Waals surface area contributed by atoms with Crippen molar-refractivity contribution in [3.63, 3.8) is 0 Å². The number of aliphatic hydroxyl groups is 1. The molecule has 0 aromatic heterocycles. The van der Waals surface area contributed by atoms with Gasteiger partial charge in [0.2, 0.25) is 0 Å². The second kappa shape index (κ2) is 6.23. The molecule has 0 heterocycles. The Hall–Kier alpha value is -2.60. The first kappa shape index (κ1) is 14.8. The number of non-ortho nitro benzene ring substituents is 1. The van der Waals surface area contributed by atoms with Gasteiger partial charge in [0.1, 0.15) is 6.10 Å². The van der Waals surface area contributed by atoms with Gasteiger partial charge >= 0.3 is 0 Å². The lowest BCUT2D eigenvalue weighted by molar-refractivity contribution is -0.385. The predicted molar refractivity (Wildman–Crippen MR) is 76.7 cm³/mol. The van der Waals surface area contributed by atoms with Crippen LogP contribution in [0.3, 0.4) is 0 Å². The van der Waals surface area contributed by atoms with E-state index < -0.39 is 11.0 Å². The maximum atomic E-state index is 10.8. The van der Waals surface area contributed by atoms with Crippen molar-refractivity contribution in [3.8, 4) is 11.5 Å². The highest BCUT2D eigenvalue weighted by Crippen LogP contribution is 2.32. The Morgan fingerprint density at radius 2 is 1.71 bits per heavy atom. The molecule has 2 aromatic carbocycles. The minimum atomic E-state index is -0.982. The van der Waals surface area contributed by atoms with Crippen LogP contribution in [-0.2, 0) is 0 Å². The first-order chi connectivity index (χ1) is 10.1. The van der Waals surface area contributed by atoms with Crippen molar-refractivity contribution in [2.75, 3.05) is 14.2 Å². The molecular weight excluding hydrogens is 274 g/mol. The van der Waals surface area contributed by atoms with Gasteiger partial charge in [-0.25, -0.2) is 0 Å². The molecule has 110 valence electrons. The first-order valence-electron chi connectivity index (χ1n) is 6.21. The van der Waals surface area contributed by atoms with Gasteiger partial charge in [-0.1, -0.05) is 18.2 Å². The molecule has 0 aliphatic rings. The summed E-state index contributed by atoms with van der Waals surface area (Å²) in [7, 11) is 3.02. The van der Waals surface area contributed by atoms with E-state index in [1.54, 1.807) is 24.3 Å². The number of aliphatic hydroxyl groups excluding tert-OH is 1. The van der Waals surface area contributed by atoms with Crippen LogP contribution in [0, 0.1) is 10.1 Å². The van der Waals surface area contributed by atoms with Crippen LogP contribution in [0.4, 0.5) is 5.69 Å². The Morgan fingerprint density at radius 1 is 1.05 bits per heavy atom. The molecule has 0 spiro atoms. The van der Waals surface area contributed by atoms with E-state index in [9.17, 15) is 15.2 Å². The fourth-order valence-electron chi connectivity index (χ4n) is 2.02. The van der Waals surface area contributed by atoms with Crippen molar-refractivity contribution in [2.24, 2.45) is 0 Å². The van der Waals surface area contributed by atoms with E-state index in [1.165, 1.54) is 32.4 Å². The lowest BCUT2D eigenvalue weighted by Crippen LogP contribution is -2.02. The third-order valence-corrected chi connectivity index (χ3v) is 3.12. The summed E-state index contributed by atoms with van der Waals surface area (Å²) in [5.41, 5.74) is 0.941. The predicted octanol–water partition coefficient (Wildman–Crippen LogP) is 2.69. The molecule has 2 rings (SSSR count). The zero-order valence-electron chi connectivity index (χ0n) is 11.6. The van der Waals surface area contributed by atoms with Crippen LogP contribution in [0.2, 0.25) is 0 Å².